The molecule has 0 heterocycles. The van der Waals surface area contributed by atoms with Gasteiger partial charge in [-0.25, -0.2) is 0 Å². The third-order valence-corrected chi connectivity index (χ3v) is 3.15. The van der Waals surface area contributed by atoms with Crippen LogP contribution in [0, 0.1) is 0 Å². The summed E-state index contributed by atoms with van der Waals surface area (Å²) in [6, 6.07) is 0. The van der Waals surface area contributed by atoms with E-state index in [0.29, 0.717) is 25.7 Å². The number of unbranched alkanes of at least 4 members (excludes halogenated alkanes) is 3. The summed E-state index contributed by atoms with van der Waals surface area (Å²) in [5, 5.41) is 71.6. The molecule has 0 aromatic rings. The predicted molar refractivity (Wildman–Crippen MR) is 68.2 cm³/mol. The van der Waals surface area contributed by atoms with Crippen molar-refractivity contribution in [1.29, 1.82) is 0 Å². The van der Waals surface area contributed by atoms with E-state index in [2.05, 4.69) is 0 Å². The summed E-state index contributed by atoms with van der Waals surface area (Å²) < 4.78 is 0. The van der Waals surface area contributed by atoms with E-state index in [-0.39, 0.29) is 12.8 Å². The van der Waals surface area contributed by atoms with Crippen molar-refractivity contribution in [2.45, 2.75) is 75.5 Å². The highest BCUT2D eigenvalue weighted by Gasteiger charge is 2.23. The summed E-state index contributed by atoms with van der Waals surface area (Å²) in [6.07, 6.45) is -6.56. The molecule has 4 atom stereocenters. The van der Waals surface area contributed by atoms with Gasteiger partial charge in [-0.2, -0.15) is 0 Å². The lowest BCUT2D eigenvalue weighted by Crippen LogP contribution is -2.37. The monoisotopic (exact) mass is 298 g/mol. The summed E-state index contributed by atoms with van der Waals surface area (Å²) in [5.41, 5.74) is 0. The molecule has 0 radical (unpaired) electrons. The molecule has 0 aromatic heterocycles. The van der Waals surface area contributed by atoms with Gasteiger partial charge in [0.1, 0.15) is 12.2 Å². The Balaban J connectivity index is 3.58. The molecule has 8 N–H and O–H groups in total. The minimum Gasteiger partial charge on any atom is -0.390 e. The Hall–Kier alpha value is -0.320. The minimum atomic E-state index is -1.97. The van der Waals surface area contributed by atoms with Gasteiger partial charge in [-0.05, 0) is 12.8 Å². The van der Waals surface area contributed by atoms with Crippen molar-refractivity contribution in [3.63, 3.8) is 0 Å². The maximum absolute atomic E-state index is 9.37. The standard InChI is InChI=1S/C12H26O8/c13-7(9(15)11(17)18)5-3-1-2-4-6-8(14)10(16)12(19)20/h7-20H,1-6H2. The van der Waals surface area contributed by atoms with Crippen molar-refractivity contribution < 1.29 is 40.9 Å². The number of hydrogen-bond acceptors (Lipinski definition) is 8. The van der Waals surface area contributed by atoms with Crippen LogP contribution in [0.2, 0.25) is 0 Å². The van der Waals surface area contributed by atoms with Crippen LogP contribution in [0.25, 0.3) is 0 Å². The Morgan fingerprint density at radius 3 is 1.00 bits per heavy atom. The van der Waals surface area contributed by atoms with Crippen LogP contribution in [0.1, 0.15) is 38.5 Å². The van der Waals surface area contributed by atoms with Crippen molar-refractivity contribution in [1.82, 2.24) is 0 Å². The molecule has 0 aromatic carbocycles. The Morgan fingerprint density at radius 1 is 0.450 bits per heavy atom. The molecule has 20 heavy (non-hydrogen) atoms. The lowest BCUT2D eigenvalue weighted by molar-refractivity contribution is -0.159. The van der Waals surface area contributed by atoms with Crippen molar-refractivity contribution >= 4 is 0 Å². The van der Waals surface area contributed by atoms with E-state index in [1.165, 1.54) is 0 Å². The van der Waals surface area contributed by atoms with Gasteiger partial charge in [-0.3, -0.25) is 0 Å². The van der Waals surface area contributed by atoms with Crippen molar-refractivity contribution in [2.24, 2.45) is 0 Å². The van der Waals surface area contributed by atoms with Gasteiger partial charge in [0.25, 0.3) is 0 Å². The first kappa shape index (κ1) is 19.7. The zero-order chi connectivity index (χ0) is 15.7. The summed E-state index contributed by atoms with van der Waals surface area (Å²) in [6.45, 7) is 0. The summed E-state index contributed by atoms with van der Waals surface area (Å²) >= 11 is 0. The van der Waals surface area contributed by atoms with Crippen molar-refractivity contribution in [3.8, 4) is 0 Å². The van der Waals surface area contributed by atoms with Gasteiger partial charge in [-0.15, -0.1) is 0 Å². The molecular formula is C12H26O8. The average Bonchev–Trinajstić information content (AvgIpc) is 2.39. The van der Waals surface area contributed by atoms with Gasteiger partial charge in [0.05, 0.1) is 12.2 Å². The molecule has 0 aliphatic rings. The van der Waals surface area contributed by atoms with Gasteiger partial charge < -0.3 is 40.9 Å². The highest BCUT2D eigenvalue weighted by Crippen LogP contribution is 2.13. The molecule has 4 unspecified atom stereocenters. The molecule has 8 nitrogen and oxygen atoms in total. The number of aliphatic hydroxyl groups excluding tert-OH is 6. The lowest BCUT2D eigenvalue weighted by Gasteiger charge is -2.19. The van der Waals surface area contributed by atoms with Gasteiger partial charge in [0, 0.05) is 0 Å². The van der Waals surface area contributed by atoms with Gasteiger partial charge in [-0.1, -0.05) is 25.7 Å². The van der Waals surface area contributed by atoms with Crippen LogP contribution in [0.5, 0.6) is 0 Å². The summed E-state index contributed by atoms with van der Waals surface area (Å²) in [4.78, 5) is 0. The van der Waals surface area contributed by atoms with Gasteiger partial charge >= 0.3 is 0 Å². The van der Waals surface area contributed by atoms with E-state index in [9.17, 15) is 10.2 Å². The molecule has 0 aliphatic heterocycles. The quantitative estimate of drug-likeness (QED) is 0.152. The molecule has 0 spiro atoms. The van der Waals surface area contributed by atoms with Crippen molar-refractivity contribution in [2.75, 3.05) is 0 Å². The maximum atomic E-state index is 9.37. The average molecular weight is 298 g/mol. The van der Waals surface area contributed by atoms with E-state index in [1.54, 1.807) is 0 Å². The smallest absolute Gasteiger partial charge is 0.180 e. The Kier molecular flexibility index (Phi) is 10.2. The van der Waals surface area contributed by atoms with Gasteiger partial charge in [0.15, 0.2) is 12.6 Å². The van der Waals surface area contributed by atoms with E-state index in [0.717, 1.165) is 0 Å². The van der Waals surface area contributed by atoms with E-state index in [4.69, 9.17) is 30.6 Å². The normalized spacial score (nSPS) is 18.3. The molecule has 0 aliphatic carbocycles. The fourth-order valence-corrected chi connectivity index (χ4v) is 1.80. The Bertz CT molecular complexity index is 211. The van der Waals surface area contributed by atoms with E-state index in [1.807, 2.05) is 0 Å². The maximum Gasteiger partial charge on any atom is 0.180 e. The molecule has 122 valence electrons. The SMILES string of the molecule is OC(O)C(O)C(O)CCCCCCC(O)C(O)C(O)O. The zero-order valence-electron chi connectivity index (χ0n) is 11.3. The van der Waals surface area contributed by atoms with E-state index >= 15 is 0 Å². The second kappa shape index (κ2) is 10.4. The van der Waals surface area contributed by atoms with E-state index < -0.39 is 37.0 Å². The number of aliphatic hydroxyl groups is 8. The fraction of sp³-hybridized carbons (Fsp3) is 1.00. The molecule has 8 heteroatoms. The number of hydrogen-bond donors (Lipinski definition) is 8. The minimum absolute atomic E-state index is 0.222. The third kappa shape index (κ3) is 8.08. The van der Waals surface area contributed by atoms with Crippen LogP contribution in [0.4, 0.5) is 0 Å². The van der Waals surface area contributed by atoms with Crippen LogP contribution in [0.15, 0.2) is 0 Å². The molecule has 0 amide bonds. The second-order valence-corrected chi connectivity index (χ2v) is 4.93. The second-order valence-electron chi connectivity index (χ2n) is 4.93. The number of rotatable bonds is 11. The highest BCUT2D eigenvalue weighted by atomic mass is 16.5. The highest BCUT2D eigenvalue weighted by molar-refractivity contribution is 4.70. The first-order valence-electron chi connectivity index (χ1n) is 6.72. The first-order chi connectivity index (χ1) is 9.27. The van der Waals surface area contributed by atoms with Gasteiger partial charge in [0.2, 0.25) is 0 Å². The Labute approximate surface area is 117 Å². The zero-order valence-corrected chi connectivity index (χ0v) is 11.3. The lowest BCUT2D eigenvalue weighted by atomic mass is 10.0. The summed E-state index contributed by atoms with van der Waals surface area (Å²) in [5.74, 6) is 0. The van der Waals surface area contributed by atoms with Crippen LogP contribution in [-0.4, -0.2) is 77.8 Å². The van der Waals surface area contributed by atoms with Crippen LogP contribution in [0.3, 0.4) is 0 Å². The first-order valence-corrected chi connectivity index (χ1v) is 6.72. The molecule has 0 saturated heterocycles. The molecule has 0 bridgehead atoms. The largest absolute Gasteiger partial charge is 0.390 e. The van der Waals surface area contributed by atoms with Crippen molar-refractivity contribution in [3.05, 3.63) is 0 Å². The fourth-order valence-electron chi connectivity index (χ4n) is 1.80. The molecule has 0 fully saturated rings. The summed E-state index contributed by atoms with van der Waals surface area (Å²) in [7, 11) is 0. The predicted octanol–water partition coefficient (Wildman–Crippen LogP) is -2.61. The van der Waals surface area contributed by atoms with Crippen LogP contribution < -0.4 is 0 Å². The van der Waals surface area contributed by atoms with Crippen LogP contribution in [-0.2, 0) is 0 Å². The molecule has 0 rings (SSSR count). The van der Waals surface area contributed by atoms with Crippen LogP contribution >= 0.6 is 0 Å². The third-order valence-electron chi connectivity index (χ3n) is 3.15. The molecular weight excluding hydrogens is 272 g/mol. The topological polar surface area (TPSA) is 162 Å². The molecule has 0 saturated carbocycles. The Morgan fingerprint density at radius 2 is 0.750 bits per heavy atom.